The molecule has 0 spiro atoms. The fraction of sp³-hybridized carbons (Fsp3) is 0.0769. The molecule has 0 saturated carbocycles. The third kappa shape index (κ3) is 1.46. The molecule has 98 valence electrons. The van der Waals surface area contributed by atoms with Crippen LogP contribution in [0.15, 0.2) is 35.1 Å². The van der Waals surface area contributed by atoms with Gasteiger partial charge in [-0.25, -0.2) is 9.78 Å². The zero-order chi connectivity index (χ0) is 13.7. The van der Waals surface area contributed by atoms with Gasteiger partial charge in [-0.2, -0.15) is 9.61 Å². The van der Waals surface area contributed by atoms with E-state index in [1.54, 1.807) is 0 Å². The Morgan fingerprint density at radius 1 is 1.25 bits per heavy atom. The van der Waals surface area contributed by atoms with Crippen molar-refractivity contribution in [3.63, 3.8) is 0 Å². The maximum Gasteiger partial charge on any atom is 0.348 e. The molecule has 20 heavy (non-hydrogen) atoms. The van der Waals surface area contributed by atoms with Gasteiger partial charge in [-0.3, -0.25) is 5.10 Å². The van der Waals surface area contributed by atoms with Crippen LogP contribution in [0.5, 0.6) is 0 Å². The molecule has 0 aliphatic rings. The second-order valence-corrected chi connectivity index (χ2v) is 4.58. The van der Waals surface area contributed by atoms with Gasteiger partial charge in [0.25, 0.3) is 0 Å². The van der Waals surface area contributed by atoms with E-state index in [0.29, 0.717) is 17.2 Å². The number of benzene rings is 1. The van der Waals surface area contributed by atoms with Crippen LogP contribution in [0.25, 0.3) is 28.1 Å². The highest BCUT2D eigenvalue weighted by atomic mass is 16.1. The lowest BCUT2D eigenvalue weighted by Gasteiger charge is -1.97. The van der Waals surface area contributed by atoms with E-state index in [-0.39, 0.29) is 5.69 Å². The number of para-hydroxylation sites is 1. The van der Waals surface area contributed by atoms with Crippen molar-refractivity contribution in [3.05, 3.63) is 46.5 Å². The lowest BCUT2D eigenvalue weighted by Crippen LogP contribution is -2.17. The Labute approximate surface area is 112 Å². The molecule has 7 nitrogen and oxygen atoms in total. The standard InChI is InChI=1S/C13H10N6O/c1-7-6-10(17-16-7)11-15-12-8-4-2-3-5-9(8)14-13(20)19(12)18-11/h2-6H,1H3,(H,14,20)(H,16,17). The van der Waals surface area contributed by atoms with Gasteiger partial charge in [0.1, 0.15) is 5.69 Å². The van der Waals surface area contributed by atoms with Crippen molar-refractivity contribution in [3.8, 4) is 11.5 Å². The maximum absolute atomic E-state index is 12.0. The van der Waals surface area contributed by atoms with Crippen LogP contribution in [0, 0.1) is 6.92 Å². The van der Waals surface area contributed by atoms with Gasteiger partial charge in [-0.1, -0.05) is 12.1 Å². The Bertz CT molecular complexity index is 993. The molecule has 0 unspecified atom stereocenters. The Morgan fingerprint density at radius 3 is 2.90 bits per heavy atom. The highest BCUT2D eigenvalue weighted by Gasteiger charge is 2.13. The van der Waals surface area contributed by atoms with E-state index in [2.05, 4.69) is 25.3 Å². The van der Waals surface area contributed by atoms with Gasteiger partial charge in [0, 0.05) is 11.1 Å². The molecule has 7 heteroatoms. The molecule has 3 heterocycles. The quantitative estimate of drug-likeness (QED) is 0.542. The van der Waals surface area contributed by atoms with Crippen LogP contribution in [0.2, 0.25) is 0 Å². The zero-order valence-corrected chi connectivity index (χ0v) is 10.6. The number of aromatic nitrogens is 6. The summed E-state index contributed by atoms with van der Waals surface area (Å²) in [6.07, 6.45) is 0. The first-order chi connectivity index (χ1) is 9.72. The maximum atomic E-state index is 12.0. The van der Waals surface area contributed by atoms with Gasteiger partial charge in [-0.15, -0.1) is 5.10 Å². The van der Waals surface area contributed by atoms with Gasteiger partial charge in [0.05, 0.1) is 5.52 Å². The Morgan fingerprint density at radius 2 is 2.10 bits per heavy atom. The third-order valence-corrected chi connectivity index (χ3v) is 3.14. The number of aryl methyl sites for hydroxylation is 1. The number of H-pyrrole nitrogens is 2. The van der Waals surface area contributed by atoms with Crippen molar-refractivity contribution < 1.29 is 0 Å². The van der Waals surface area contributed by atoms with Crippen molar-refractivity contribution in [1.82, 2.24) is 29.8 Å². The lowest BCUT2D eigenvalue weighted by molar-refractivity contribution is 0.882. The van der Waals surface area contributed by atoms with Crippen LogP contribution < -0.4 is 5.69 Å². The first kappa shape index (κ1) is 10.9. The molecule has 0 aliphatic heterocycles. The number of nitrogens with zero attached hydrogens (tertiary/aromatic N) is 4. The minimum atomic E-state index is -0.315. The van der Waals surface area contributed by atoms with Crippen molar-refractivity contribution in [2.24, 2.45) is 0 Å². The minimum absolute atomic E-state index is 0.315. The second-order valence-electron chi connectivity index (χ2n) is 4.58. The summed E-state index contributed by atoms with van der Waals surface area (Å²) in [5, 5.41) is 12.0. The molecule has 0 aliphatic carbocycles. The molecule has 1 aromatic carbocycles. The molecule has 0 amide bonds. The predicted molar refractivity (Wildman–Crippen MR) is 73.4 cm³/mol. The van der Waals surface area contributed by atoms with E-state index in [9.17, 15) is 4.79 Å². The number of rotatable bonds is 1. The van der Waals surface area contributed by atoms with E-state index in [0.717, 1.165) is 16.6 Å². The number of hydrogen-bond acceptors (Lipinski definition) is 4. The molecule has 0 fully saturated rings. The summed E-state index contributed by atoms with van der Waals surface area (Å²) >= 11 is 0. The van der Waals surface area contributed by atoms with E-state index >= 15 is 0 Å². The molecule has 2 N–H and O–H groups in total. The summed E-state index contributed by atoms with van der Waals surface area (Å²) in [5.74, 6) is 0.427. The lowest BCUT2D eigenvalue weighted by atomic mass is 10.2. The van der Waals surface area contributed by atoms with E-state index in [1.165, 1.54) is 4.52 Å². The smallest absolute Gasteiger partial charge is 0.305 e. The van der Waals surface area contributed by atoms with Crippen molar-refractivity contribution in [1.29, 1.82) is 0 Å². The summed E-state index contributed by atoms with van der Waals surface area (Å²) in [6.45, 7) is 1.90. The van der Waals surface area contributed by atoms with Gasteiger partial charge in [0.15, 0.2) is 5.65 Å². The summed E-state index contributed by atoms with van der Waals surface area (Å²) in [7, 11) is 0. The number of nitrogens with one attached hydrogen (secondary N) is 2. The number of hydrogen-bond donors (Lipinski definition) is 2. The average molecular weight is 266 g/mol. The monoisotopic (exact) mass is 266 g/mol. The molecule has 0 saturated heterocycles. The first-order valence-electron chi connectivity index (χ1n) is 6.12. The number of fused-ring (bicyclic) bond motifs is 3. The fourth-order valence-corrected chi connectivity index (χ4v) is 2.22. The molecule has 0 radical (unpaired) electrons. The van der Waals surface area contributed by atoms with Crippen LogP contribution in [0.4, 0.5) is 0 Å². The van der Waals surface area contributed by atoms with Crippen LogP contribution in [-0.4, -0.2) is 29.8 Å². The van der Waals surface area contributed by atoms with Crippen molar-refractivity contribution >= 4 is 16.6 Å². The van der Waals surface area contributed by atoms with Crippen LogP contribution >= 0.6 is 0 Å². The third-order valence-electron chi connectivity index (χ3n) is 3.14. The zero-order valence-electron chi connectivity index (χ0n) is 10.6. The van der Waals surface area contributed by atoms with Crippen molar-refractivity contribution in [2.75, 3.05) is 0 Å². The van der Waals surface area contributed by atoms with Gasteiger partial charge in [-0.05, 0) is 25.1 Å². The molecule has 3 aromatic heterocycles. The summed E-state index contributed by atoms with van der Waals surface area (Å²) < 4.78 is 1.27. The summed E-state index contributed by atoms with van der Waals surface area (Å²) in [5.41, 5.74) is 2.49. The summed E-state index contributed by atoms with van der Waals surface area (Å²) in [6, 6.07) is 9.33. The minimum Gasteiger partial charge on any atom is -0.305 e. The van der Waals surface area contributed by atoms with Gasteiger partial charge in [0.2, 0.25) is 5.82 Å². The molecular formula is C13H10N6O. The topological polar surface area (TPSA) is 91.7 Å². The van der Waals surface area contributed by atoms with Gasteiger partial charge >= 0.3 is 5.69 Å². The Hall–Kier alpha value is -2.96. The van der Waals surface area contributed by atoms with Crippen LogP contribution in [0.3, 0.4) is 0 Å². The molecule has 0 bridgehead atoms. The summed E-state index contributed by atoms with van der Waals surface area (Å²) in [4.78, 5) is 19.2. The Kier molecular flexibility index (Phi) is 2.06. The normalized spacial score (nSPS) is 11.4. The highest BCUT2D eigenvalue weighted by molar-refractivity contribution is 5.91. The fourth-order valence-electron chi connectivity index (χ4n) is 2.22. The highest BCUT2D eigenvalue weighted by Crippen LogP contribution is 2.18. The van der Waals surface area contributed by atoms with Crippen LogP contribution in [0.1, 0.15) is 5.69 Å². The van der Waals surface area contributed by atoms with Crippen molar-refractivity contribution in [2.45, 2.75) is 6.92 Å². The van der Waals surface area contributed by atoms with Crippen LogP contribution in [-0.2, 0) is 0 Å². The first-order valence-corrected chi connectivity index (χ1v) is 6.12. The Balaban J connectivity index is 2.10. The van der Waals surface area contributed by atoms with E-state index < -0.39 is 0 Å². The average Bonchev–Trinajstić information content (AvgIpc) is 3.05. The molecule has 4 aromatic rings. The van der Waals surface area contributed by atoms with E-state index in [1.807, 2.05) is 37.3 Å². The SMILES string of the molecule is Cc1cc(-c2nc3c4ccccc4[nH]c(=O)n3n2)n[nH]1. The second kappa shape index (κ2) is 3.77. The predicted octanol–water partition coefficient (Wildman–Crippen LogP) is 1.27. The number of aromatic amines is 2. The van der Waals surface area contributed by atoms with E-state index in [4.69, 9.17) is 0 Å². The molecular weight excluding hydrogens is 256 g/mol. The molecule has 0 atom stereocenters. The van der Waals surface area contributed by atoms with Gasteiger partial charge < -0.3 is 4.98 Å². The largest absolute Gasteiger partial charge is 0.348 e. The molecule has 4 rings (SSSR count).